The number of carbonyl (C=O) groups excluding carboxylic acids is 2. The van der Waals surface area contributed by atoms with Crippen LogP contribution in [0, 0.1) is 0 Å². The molecule has 0 saturated heterocycles. The molecule has 9 nitrogen and oxygen atoms in total. The number of imidazole rings is 1. The van der Waals surface area contributed by atoms with Gasteiger partial charge in [0.15, 0.2) is 0 Å². The smallest absolute Gasteiger partial charge is 0.251 e. The highest BCUT2D eigenvalue weighted by Gasteiger charge is 2.25. The van der Waals surface area contributed by atoms with Crippen molar-refractivity contribution in [1.82, 2.24) is 20.2 Å². The Kier molecular flexibility index (Phi) is 10.8. The van der Waals surface area contributed by atoms with E-state index in [0.717, 1.165) is 22.6 Å². The molecular formula is C32H45ClN6O3. The maximum Gasteiger partial charge on any atom is 0.251 e. The normalized spacial score (nSPS) is 12.7. The molecule has 0 aliphatic heterocycles. The summed E-state index contributed by atoms with van der Waals surface area (Å²) >= 11 is 6.35. The number of aromatic nitrogens is 2. The molecule has 0 fully saturated rings. The third-order valence-electron chi connectivity index (χ3n) is 6.66. The monoisotopic (exact) mass is 596 g/mol. The van der Waals surface area contributed by atoms with Crippen LogP contribution in [0.4, 0.5) is 0 Å². The Bertz CT molecular complexity index is 1370. The SMILES string of the molecule is CC(C)Oc1ccc(C(=O)NCC(CNC(=O)C(C)(C)N)c2ccc(-c3cn(CCN)c(C(C)(C)C)n3)cc2)cc1Cl. The highest BCUT2D eigenvalue weighted by molar-refractivity contribution is 6.32. The highest BCUT2D eigenvalue weighted by atomic mass is 35.5. The van der Waals surface area contributed by atoms with Gasteiger partial charge < -0.3 is 31.4 Å². The third kappa shape index (κ3) is 8.80. The number of hydrogen-bond acceptors (Lipinski definition) is 6. The Balaban J connectivity index is 1.82. The first-order chi connectivity index (χ1) is 19.6. The second-order valence-corrected chi connectivity index (χ2v) is 12.9. The lowest BCUT2D eigenvalue weighted by molar-refractivity contribution is -0.125. The largest absolute Gasteiger partial charge is 0.489 e. The van der Waals surface area contributed by atoms with E-state index < -0.39 is 5.54 Å². The van der Waals surface area contributed by atoms with Crippen molar-refractivity contribution in [3.05, 3.63) is 70.6 Å². The fourth-order valence-electron chi connectivity index (χ4n) is 4.45. The van der Waals surface area contributed by atoms with Crippen LogP contribution in [0.25, 0.3) is 11.3 Å². The number of nitrogens with zero attached hydrogens (tertiary/aromatic N) is 2. The molecule has 2 amide bonds. The van der Waals surface area contributed by atoms with Crippen LogP contribution < -0.4 is 26.8 Å². The van der Waals surface area contributed by atoms with Gasteiger partial charge in [-0.05, 0) is 51.5 Å². The quantitative estimate of drug-likeness (QED) is 0.241. The van der Waals surface area contributed by atoms with Crippen molar-refractivity contribution in [2.75, 3.05) is 19.6 Å². The molecule has 0 radical (unpaired) electrons. The Labute approximate surface area is 254 Å². The van der Waals surface area contributed by atoms with Crippen molar-refractivity contribution in [2.45, 2.75) is 78.0 Å². The first kappa shape index (κ1) is 33.1. The number of halogens is 1. The summed E-state index contributed by atoms with van der Waals surface area (Å²) in [6.45, 7) is 15.3. The van der Waals surface area contributed by atoms with Gasteiger partial charge in [0.25, 0.3) is 5.91 Å². The molecular weight excluding hydrogens is 552 g/mol. The maximum absolute atomic E-state index is 13.0. The van der Waals surface area contributed by atoms with E-state index in [4.69, 9.17) is 32.8 Å². The molecule has 6 N–H and O–H groups in total. The summed E-state index contributed by atoms with van der Waals surface area (Å²) in [5, 5.41) is 6.28. The van der Waals surface area contributed by atoms with Crippen LogP contribution in [0.3, 0.4) is 0 Å². The van der Waals surface area contributed by atoms with Gasteiger partial charge in [0.2, 0.25) is 5.91 Å². The van der Waals surface area contributed by atoms with Crippen LogP contribution in [0.2, 0.25) is 5.02 Å². The van der Waals surface area contributed by atoms with Crippen LogP contribution in [0.15, 0.2) is 48.7 Å². The average molecular weight is 597 g/mol. The van der Waals surface area contributed by atoms with Gasteiger partial charge in [-0.15, -0.1) is 0 Å². The summed E-state index contributed by atoms with van der Waals surface area (Å²) in [6.07, 6.45) is 2.00. The van der Waals surface area contributed by atoms with Crippen molar-refractivity contribution < 1.29 is 14.3 Å². The van der Waals surface area contributed by atoms with E-state index in [2.05, 4.69) is 36.0 Å². The van der Waals surface area contributed by atoms with Gasteiger partial charge in [0.1, 0.15) is 11.6 Å². The molecule has 0 aliphatic carbocycles. The molecule has 228 valence electrons. The molecule has 10 heteroatoms. The van der Waals surface area contributed by atoms with E-state index in [9.17, 15) is 9.59 Å². The first-order valence-electron chi connectivity index (χ1n) is 14.3. The van der Waals surface area contributed by atoms with E-state index in [0.29, 0.717) is 36.0 Å². The van der Waals surface area contributed by atoms with Crippen LogP contribution in [0.1, 0.15) is 76.1 Å². The molecule has 1 unspecified atom stereocenters. The minimum absolute atomic E-state index is 0.0368. The summed E-state index contributed by atoms with van der Waals surface area (Å²) in [7, 11) is 0. The van der Waals surface area contributed by atoms with Gasteiger partial charge >= 0.3 is 0 Å². The molecule has 3 aromatic rings. The number of rotatable bonds is 12. The number of amides is 2. The second-order valence-electron chi connectivity index (χ2n) is 12.5. The zero-order chi connectivity index (χ0) is 31.2. The first-order valence-corrected chi connectivity index (χ1v) is 14.7. The Hall–Kier alpha value is -3.40. The zero-order valence-corrected chi connectivity index (χ0v) is 26.5. The van der Waals surface area contributed by atoms with Crippen LogP contribution in [-0.4, -0.2) is 52.6 Å². The molecule has 0 spiro atoms. The van der Waals surface area contributed by atoms with Crippen molar-refractivity contribution >= 4 is 23.4 Å². The highest BCUT2D eigenvalue weighted by Crippen LogP contribution is 2.28. The van der Waals surface area contributed by atoms with Gasteiger partial charge in [-0.2, -0.15) is 0 Å². The lowest BCUT2D eigenvalue weighted by Crippen LogP contribution is -2.50. The Morgan fingerprint density at radius 3 is 2.21 bits per heavy atom. The summed E-state index contributed by atoms with van der Waals surface area (Å²) in [4.78, 5) is 30.5. The predicted molar refractivity (Wildman–Crippen MR) is 169 cm³/mol. The lowest BCUT2D eigenvalue weighted by Gasteiger charge is -2.23. The molecule has 42 heavy (non-hydrogen) atoms. The van der Waals surface area contributed by atoms with Gasteiger partial charge in [-0.1, -0.05) is 56.6 Å². The van der Waals surface area contributed by atoms with Gasteiger partial charge in [-0.3, -0.25) is 9.59 Å². The van der Waals surface area contributed by atoms with Gasteiger partial charge in [-0.25, -0.2) is 4.98 Å². The number of ether oxygens (including phenoxy) is 1. The van der Waals surface area contributed by atoms with Crippen LogP contribution in [-0.2, 0) is 16.8 Å². The topological polar surface area (TPSA) is 137 Å². The fraction of sp³-hybridized carbons (Fsp3) is 0.469. The standard InChI is InChI=1S/C32H45ClN6O3/c1-20(2)42-27-13-12-23(16-25(27)33)28(40)36-17-24(18-37-30(41)32(6,7)35)21-8-10-22(11-9-21)26-19-39(15-14-34)29(38-26)31(3,4)5/h8-13,16,19-20,24H,14-15,17-18,34-35H2,1-7H3,(H,36,40)(H,37,41). The zero-order valence-electron chi connectivity index (χ0n) is 25.8. The molecule has 2 aromatic carbocycles. The summed E-state index contributed by atoms with van der Waals surface area (Å²) < 4.78 is 7.78. The molecule has 0 aliphatic rings. The summed E-state index contributed by atoms with van der Waals surface area (Å²) in [5.41, 5.74) is 13.9. The Morgan fingerprint density at radius 2 is 1.67 bits per heavy atom. The average Bonchev–Trinajstić information content (AvgIpc) is 3.34. The summed E-state index contributed by atoms with van der Waals surface area (Å²) in [5.74, 6) is 0.732. The van der Waals surface area contributed by atoms with Crippen molar-refractivity contribution in [3.63, 3.8) is 0 Å². The van der Waals surface area contributed by atoms with E-state index in [1.165, 1.54) is 0 Å². The minimum atomic E-state index is -1.03. The lowest BCUT2D eigenvalue weighted by atomic mass is 9.95. The van der Waals surface area contributed by atoms with Gasteiger partial charge in [0, 0.05) is 54.8 Å². The van der Waals surface area contributed by atoms with Crippen molar-refractivity contribution in [1.29, 1.82) is 0 Å². The predicted octanol–water partition coefficient (Wildman–Crippen LogP) is 4.61. The fourth-order valence-corrected chi connectivity index (χ4v) is 4.68. The maximum atomic E-state index is 13.0. The number of carbonyl (C=O) groups is 2. The third-order valence-corrected chi connectivity index (χ3v) is 6.95. The van der Waals surface area contributed by atoms with Crippen molar-refractivity contribution in [3.8, 4) is 17.0 Å². The molecule has 1 heterocycles. The number of benzene rings is 2. The molecule has 3 rings (SSSR count). The van der Waals surface area contributed by atoms with Crippen LogP contribution >= 0.6 is 11.6 Å². The van der Waals surface area contributed by atoms with E-state index in [-0.39, 0.29) is 35.8 Å². The van der Waals surface area contributed by atoms with Crippen LogP contribution in [0.5, 0.6) is 5.75 Å². The Morgan fingerprint density at radius 1 is 1.02 bits per heavy atom. The second kappa shape index (κ2) is 13.7. The van der Waals surface area contributed by atoms with Crippen molar-refractivity contribution in [2.24, 2.45) is 11.5 Å². The molecule has 0 saturated carbocycles. The number of nitrogens with two attached hydrogens (primary N) is 2. The number of nitrogens with one attached hydrogen (secondary N) is 2. The minimum Gasteiger partial charge on any atom is -0.489 e. The van der Waals surface area contributed by atoms with Gasteiger partial charge in [0.05, 0.1) is 22.4 Å². The number of hydrogen-bond donors (Lipinski definition) is 4. The molecule has 1 atom stereocenters. The molecule has 0 bridgehead atoms. The van der Waals surface area contributed by atoms with E-state index >= 15 is 0 Å². The summed E-state index contributed by atoms with van der Waals surface area (Å²) in [6, 6.07) is 13.0. The van der Waals surface area contributed by atoms with E-state index in [1.54, 1.807) is 32.0 Å². The molecule has 1 aromatic heterocycles. The van der Waals surface area contributed by atoms with E-state index in [1.807, 2.05) is 44.3 Å².